The van der Waals surface area contributed by atoms with Gasteiger partial charge in [-0.1, -0.05) is 30.3 Å². The molecule has 2 rings (SSSR count). The molecule has 1 aromatic carbocycles. The van der Waals surface area contributed by atoms with Crippen LogP contribution in [0.1, 0.15) is 24.3 Å². The topological polar surface area (TPSA) is 27.0 Å². The van der Waals surface area contributed by atoms with E-state index in [1.807, 2.05) is 0 Å². The monoisotopic (exact) mass is 200 g/mol. The zero-order valence-electron chi connectivity index (χ0n) is 8.89. The Morgan fingerprint density at radius 3 is 2.87 bits per heavy atom. The van der Waals surface area contributed by atoms with Crippen molar-refractivity contribution in [3.8, 4) is 6.07 Å². The lowest BCUT2D eigenvalue weighted by Crippen LogP contribution is -2.34. The van der Waals surface area contributed by atoms with Crippen molar-refractivity contribution in [3.63, 3.8) is 0 Å². The first-order chi connectivity index (χ1) is 7.40. The molecular weight excluding hydrogens is 184 g/mol. The lowest BCUT2D eigenvalue weighted by Gasteiger charge is -2.31. The maximum Gasteiger partial charge on any atom is 0.0866 e. The average molecular weight is 200 g/mol. The molecule has 0 aromatic heterocycles. The minimum absolute atomic E-state index is 0.573. The number of likely N-dealkylation sites (tertiary alicyclic amines) is 1. The van der Waals surface area contributed by atoms with Gasteiger partial charge >= 0.3 is 0 Å². The zero-order chi connectivity index (χ0) is 10.5. The van der Waals surface area contributed by atoms with Gasteiger partial charge in [0.2, 0.25) is 0 Å². The van der Waals surface area contributed by atoms with E-state index >= 15 is 0 Å². The average Bonchev–Trinajstić information content (AvgIpc) is 2.31. The maximum atomic E-state index is 8.68. The summed E-state index contributed by atoms with van der Waals surface area (Å²) in [4.78, 5) is 2.25. The van der Waals surface area contributed by atoms with Crippen LogP contribution in [0.25, 0.3) is 0 Å². The molecule has 78 valence electrons. The first-order valence-electron chi connectivity index (χ1n) is 5.54. The van der Waals surface area contributed by atoms with Crippen molar-refractivity contribution in [2.24, 2.45) is 0 Å². The van der Waals surface area contributed by atoms with Gasteiger partial charge < -0.3 is 0 Å². The van der Waals surface area contributed by atoms with E-state index < -0.39 is 0 Å². The first kappa shape index (κ1) is 10.2. The largest absolute Gasteiger partial charge is 0.290 e. The van der Waals surface area contributed by atoms with Gasteiger partial charge in [0.15, 0.2) is 0 Å². The van der Waals surface area contributed by atoms with Crippen molar-refractivity contribution in [1.29, 1.82) is 5.26 Å². The van der Waals surface area contributed by atoms with Crippen molar-refractivity contribution < 1.29 is 0 Å². The lowest BCUT2D eigenvalue weighted by atomic mass is 9.91. The van der Waals surface area contributed by atoms with E-state index in [0.29, 0.717) is 12.5 Å². The number of hydrogen-bond acceptors (Lipinski definition) is 2. The minimum Gasteiger partial charge on any atom is -0.290 e. The molecule has 0 spiro atoms. The molecule has 1 aliphatic rings. The fourth-order valence-electron chi connectivity index (χ4n) is 2.30. The van der Waals surface area contributed by atoms with Crippen LogP contribution in [0.5, 0.6) is 0 Å². The normalized spacial score (nSPS) is 22.2. The summed E-state index contributed by atoms with van der Waals surface area (Å²) in [5, 5.41) is 8.68. The van der Waals surface area contributed by atoms with Crippen LogP contribution < -0.4 is 0 Å². The molecule has 1 saturated heterocycles. The highest BCUT2D eigenvalue weighted by Crippen LogP contribution is 2.26. The summed E-state index contributed by atoms with van der Waals surface area (Å²) in [5.41, 5.74) is 1.42. The van der Waals surface area contributed by atoms with Gasteiger partial charge in [0.25, 0.3) is 0 Å². The van der Waals surface area contributed by atoms with Gasteiger partial charge in [0.1, 0.15) is 0 Å². The predicted octanol–water partition coefficient (Wildman–Crippen LogP) is 2.39. The van der Waals surface area contributed by atoms with Crippen LogP contribution in [0, 0.1) is 11.3 Å². The Hall–Kier alpha value is -1.33. The predicted molar refractivity (Wildman–Crippen MR) is 60.5 cm³/mol. The van der Waals surface area contributed by atoms with Gasteiger partial charge in [0.05, 0.1) is 12.6 Å². The summed E-state index contributed by atoms with van der Waals surface area (Å²) in [7, 11) is 0. The van der Waals surface area contributed by atoms with E-state index in [-0.39, 0.29) is 0 Å². The van der Waals surface area contributed by atoms with Crippen LogP contribution in [0.15, 0.2) is 30.3 Å². The zero-order valence-corrected chi connectivity index (χ0v) is 8.89. The molecule has 1 aromatic rings. The standard InChI is InChI=1S/C13H16N2/c14-8-10-15-9-4-7-13(11-15)12-5-2-1-3-6-12/h1-3,5-6,13H,4,7,9-11H2. The molecule has 1 unspecified atom stereocenters. The fourth-order valence-corrected chi connectivity index (χ4v) is 2.30. The SMILES string of the molecule is N#CCN1CCCC(c2ccccc2)C1. The highest BCUT2D eigenvalue weighted by atomic mass is 15.1. The molecule has 1 aliphatic heterocycles. The van der Waals surface area contributed by atoms with Crippen LogP contribution in [0.4, 0.5) is 0 Å². The first-order valence-corrected chi connectivity index (χ1v) is 5.54. The second kappa shape index (κ2) is 4.95. The fraction of sp³-hybridized carbons (Fsp3) is 0.462. The number of nitriles is 1. The number of nitrogens with zero attached hydrogens (tertiary/aromatic N) is 2. The second-order valence-corrected chi connectivity index (χ2v) is 4.14. The third-order valence-electron chi connectivity index (χ3n) is 3.07. The summed E-state index contributed by atoms with van der Waals surface area (Å²) in [6.45, 7) is 2.69. The summed E-state index contributed by atoms with van der Waals surface area (Å²) in [5.74, 6) is 0.619. The Morgan fingerprint density at radius 1 is 1.33 bits per heavy atom. The quantitative estimate of drug-likeness (QED) is 0.685. The Morgan fingerprint density at radius 2 is 2.13 bits per heavy atom. The molecule has 2 nitrogen and oxygen atoms in total. The summed E-state index contributed by atoms with van der Waals surface area (Å²) in [6, 6.07) is 12.9. The van der Waals surface area contributed by atoms with Gasteiger partial charge in [-0.2, -0.15) is 5.26 Å². The Bertz CT molecular complexity index is 339. The van der Waals surface area contributed by atoms with E-state index in [4.69, 9.17) is 5.26 Å². The Kier molecular flexibility index (Phi) is 3.37. The van der Waals surface area contributed by atoms with E-state index in [0.717, 1.165) is 13.1 Å². The van der Waals surface area contributed by atoms with Crippen LogP contribution in [-0.4, -0.2) is 24.5 Å². The lowest BCUT2D eigenvalue weighted by molar-refractivity contribution is 0.230. The van der Waals surface area contributed by atoms with Gasteiger partial charge in [-0.15, -0.1) is 0 Å². The summed E-state index contributed by atoms with van der Waals surface area (Å²) >= 11 is 0. The number of piperidine rings is 1. The molecule has 1 atom stereocenters. The number of hydrogen-bond donors (Lipinski definition) is 0. The summed E-state index contributed by atoms with van der Waals surface area (Å²) < 4.78 is 0. The minimum atomic E-state index is 0.573. The summed E-state index contributed by atoms with van der Waals surface area (Å²) in [6.07, 6.45) is 2.47. The Balaban J connectivity index is 2.02. The molecule has 0 N–H and O–H groups in total. The number of rotatable bonds is 2. The highest BCUT2D eigenvalue weighted by molar-refractivity contribution is 5.20. The molecular formula is C13H16N2. The van der Waals surface area contributed by atoms with Gasteiger partial charge in [-0.05, 0) is 30.9 Å². The Labute approximate surface area is 91.1 Å². The van der Waals surface area contributed by atoms with Crippen molar-refractivity contribution in [1.82, 2.24) is 4.90 Å². The van der Waals surface area contributed by atoms with Crippen LogP contribution in [0.3, 0.4) is 0 Å². The molecule has 0 bridgehead atoms. The van der Waals surface area contributed by atoms with E-state index in [1.54, 1.807) is 0 Å². The van der Waals surface area contributed by atoms with Crippen molar-refractivity contribution in [2.75, 3.05) is 19.6 Å². The van der Waals surface area contributed by atoms with Crippen molar-refractivity contribution >= 4 is 0 Å². The van der Waals surface area contributed by atoms with Crippen LogP contribution in [0.2, 0.25) is 0 Å². The van der Waals surface area contributed by atoms with Crippen molar-refractivity contribution in [3.05, 3.63) is 35.9 Å². The van der Waals surface area contributed by atoms with Gasteiger partial charge in [-0.25, -0.2) is 0 Å². The molecule has 0 aliphatic carbocycles. The van der Waals surface area contributed by atoms with Gasteiger partial charge in [-0.3, -0.25) is 4.90 Å². The van der Waals surface area contributed by atoms with Gasteiger partial charge in [0, 0.05) is 6.54 Å². The smallest absolute Gasteiger partial charge is 0.0866 e. The molecule has 0 saturated carbocycles. The van der Waals surface area contributed by atoms with Crippen molar-refractivity contribution in [2.45, 2.75) is 18.8 Å². The van der Waals surface area contributed by atoms with E-state index in [9.17, 15) is 0 Å². The molecule has 0 radical (unpaired) electrons. The molecule has 15 heavy (non-hydrogen) atoms. The maximum absolute atomic E-state index is 8.68. The third kappa shape index (κ3) is 2.57. The molecule has 2 heteroatoms. The molecule has 0 amide bonds. The van der Waals surface area contributed by atoms with Crippen LogP contribution >= 0.6 is 0 Å². The van der Waals surface area contributed by atoms with E-state index in [1.165, 1.54) is 18.4 Å². The molecule has 1 fully saturated rings. The third-order valence-corrected chi connectivity index (χ3v) is 3.07. The number of benzene rings is 1. The van der Waals surface area contributed by atoms with E-state index in [2.05, 4.69) is 41.3 Å². The van der Waals surface area contributed by atoms with Crippen LogP contribution in [-0.2, 0) is 0 Å². The molecule has 1 heterocycles. The second-order valence-electron chi connectivity index (χ2n) is 4.14. The highest BCUT2D eigenvalue weighted by Gasteiger charge is 2.20.